The molecule has 7 heteroatoms. The van der Waals surface area contributed by atoms with Gasteiger partial charge in [0.15, 0.2) is 8.32 Å². The van der Waals surface area contributed by atoms with Gasteiger partial charge in [-0.3, -0.25) is 4.57 Å². The minimum Gasteiger partial charge on any atom is -0.416 e. The second-order valence-electron chi connectivity index (χ2n) is 9.46. The van der Waals surface area contributed by atoms with Crippen molar-refractivity contribution >= 4 is 45.7 Å². The number of methoxy groups -OCH3 is 1. The van der Waals surface area contributed by atoms with Gasteiger partial charge in [0, 0.05) is 30.4 Å². The van der Waals surface area contributed by atoms with E-state index in [-0.39, 0.29) is 0 Å². The van der Waals surface area contributed by atoms with E-state index in [0.29, 0.717) is 23.4 Å². The maximum absolute atomic E-state index is 6.76. The van der Waals surface area contributed by atoms with Crippen molar-refractivity contribution in [1.82, 2.24) is 9.55 Å². The van der Waals surface area contributed by atoms with Gasteiger partial charge in [0.25, 0.3) is 0 Å². The molecule has 0 saturated heterocycles. The molecule has 0 unspecified atom stereocenters. The topological polar surface area (TPSA) is 36.3 Å². The smallest absolute Gasteiger partial charge is 0.200 e. The van der Waals surface area contributed by atoms with Gasteiger partial charge in [0.05, 0.1) is 0 Å². The number of imidazole rings is 1. The first-order chi connectivity index (χ1) is 15.2. The Morgan fingerprint density at radius 1 is 1.06 bits per heavy atom. The Morgan fingerprint density at radius 2 is 1.75 bits per heavy atom. The predicted octanol–water partition coefficient (Wildman–Crippen LogP) is 8.26. The quantitative estimate of drug-likeness (QED) is 0.183. The number of thiophene rings is 1. The number of nitrogens with zero attached hydrogens (tertiary/aromatic N) is 2. The summed E-state index contributed by atoms with van der Waals surface area (Å²) in [5.74, 6) is 1.04. The molecule has 0 N–H and O–H groups in total. The molecule has 0 radical (unpaired) electrons. The Bertz CT molecular complexity index is 1010. The Morgan fingerprint density at radius 3 is 2.38 bits per heavy atom. The first kappa shape index (κ1) is 25.6. The summed E-state index contributed by atoms with van der Waals surface area (Å²) in [6.07, 6.45) is 1.82. The van der Waals surface area contributed by atoms with E-state index in [0.717, 1.165) is 41.1 Å². The van der Waals surface area contributed by atoms with E-state index in [9.17, 15) is 0 Å². The van der Waals surface area contributed by atoms with Crippen LogP contribution in [0, 0.1) is 0 Å². The molecule has 2 heterocycles. The molecular formula is C25H37BrN2O2SSi. The molecule has 0 saturated carbocycles. The highest BCUT2D eigenvalue weighted by Crippen LogP contribution is 2.42. The van der Waals surface area contributed by atoms with E-state index in [2.05, 4.69) is 91.7 Å². The number of aryl methyl sites for hydroxylation is 1. The number of hydrogen-bond donors (Lipinski definition) is 0. The number of hydrogen-bond acceptors (Lipinski definition) is 4. The fourth-order valence-corrected chi connectivity index (χ4v) is 12.1. The zero-order chi connectivity index (χ0) is 23.5. The normalized spacial score (nSPS) is 12.7. The summed E-state index contributed by atoms with van der Waals surface area (Å²) < 4.78 is 16.6. The summed E-state index contributed by atoms with van der Waals surface area (Å²) in [4.78, 5) is 5.03. The van der Waals surface area contributed by atoms with Crippen molar-refractivity contribution in [3.05, 3.63) is 40.1 Å². The zero-order valence-electron chi connectivity index (χ0n) is 20.4. The third kappa shape index (κ3) is 5.07. The lowest BCUT2D eigenvalue weighted by molar-refractivity contribution is 0.126. The fraction of sp³-hybridized carbons (Fsp3) is 0.560. The molecule has 3 aromatic rings. The van der Waals surface area contributed by atoms with Crippen LogP contribution in [0.1, 0.15) is 53.8 Å². The van der Waals surface area contributed by atoms with Crippen molar-refractivity contribution in [2.75, 3.05) is 13.7 Å². The maximum atomic E-state index is 6.76. The molecule has 0 amide bonds. The van der Waals surface area contributed by atoms with Crippen LogP contribution in [0.15, 0.2) is 34.2 Å². The molecule has 3 rings (SSSR count). The van der Waals surface area contributed by atoms with E-state index in [1.807, 2.05) is 0 Å². The van der Waals surface area contributed by atoms with Crippen molar-refractivity contribution in [3.63, 3.8) is 0 Å². The van der Waals surface area contributed by atoms with Crippen LogP contribution in [0.25, 0.3) is 21.3 Å². The molecule has 4 nitrogen and oxygen atoms in total. The van der Waals surface area contributed by atoms with Crippen molar-refractivity contribution < 1.29 is 9.16 Å². The van der Waals surface area contributed by atoms with Crippen LogP contribution in [0.5, 0.6) is 0 Å². The van der Waals surface area contributed by atoms with Gasteiger partial charge in [0.1, 0.15) is 22.9 Å². The van der Waals surface area contributed by atoms with E-state index in [1.54, 1.807) is 18.4 Å². The van der Waals surface area contributed by atoms with E-state index >= 15 is 0 Å². The lowest BCUT2D eigenvalue weighted by atomic mass is 10.1. The summed E-state index contributed by atoms with van der Waals surface area (Å²) >= 11 is 5.55. The van der Waals surface area contributed by atoms with Crippen LogP contribution in [-0.4, -0.2) is 31.6 Å². The summed E-state index contributed by atoms with van der Waals surface area (Å²) in [6, 6.07) is 8.71. The van der Waals surface area contributed by atoms with Crippen LogP contribution in [0.3, 0.4) is 0 Å². The highest BCUT2D eigenvalue weighted by Gasteiger charge is 2.44. The van der Waals surface area contributed by atoms with Gasteiger partial charge in [-0.15, -0.1) is 11.3 Å². The van der Waals surface area contributed by atoms with Crippen molar-refractivity contribution in [1.29, 1.82) is 0 Å². The van der Waals surface area contributed by atoms with Gasteiger partial charge < -0.3 is 9.16 Å². The van der Waals surface area contributed by atoms with Crippen LogP contribution in [0.4, 0.5) is 0 Å². The lowest BCUT2D eigenvalue weighted by Gasteiger charge is -2.42. The predicted molar refractivity (Wildman–Crippen MR) is 143 cm³/mol. The molecule has 0 atom stereocenters. The number of ether oxygens (including phenoxy) is 1. The molecule has 0 aliphatic carbocycles. The summed E-state index contributed by atoms with van der Waals surface area (Å²) in [7, 11) is -0.106. The molecule has 0 bridgehead atoms. The number of aromatic nitrogens is 2. The fourth-order valence-electron chi connectivity index (χ4n) is 5.19. The summed E-state index contributed by atoms with van der Waals surface area (Å²) in [6.45, 7) is 15.3. The molecule has 176 valence electrons. The summed E-state index contributed by atoms with van der Waals surface area (Å²) in [5, 5.41) is 3.41. The third-order valence-corrected chi connectivity index (χ3v) is 14.4. The highest BCUT2D eigenvalue weighted by molar-refractivity contribution is 9.10. The first-order valence-corrected chi connectivity index (χ1v) is 15.4. The lowest BCUT2D eigenvalue weighted by Crippen LogP contribution is -2.48. The molecule has 1 aromatic carbocycles. The van der Waals surface area contributed by atoms with Gasteiger partial charge in [-0.1, -0.05) is 53.7 Å². The SMILES string of the molecule is COCn1c(CCCO[Si](C(C)C)(C(C)C)C(C)C)nc(-c2ccc3ccsc3c2)c1Br. The molecule has 0 aliphatic heterocycles. The molecule has 2 aromatic heterocycles. The Hall–Kier alpha value is -0.993. The molecule has 0 spiro atoms. The van der Waals surface area contributed by atoms with E-state index in [4.69, 9.17) is 14.1 Å². The minimum atomic E-state index is -1.83. The number of fused-ring (bicyclic) bond motifs is 1. The number of halogens is 1. The largest absolute Gasteiger partial charge is 0.416 e. The Balaban J connectivity index is 1.78. The average Bonchev–Trinajstić information content (AvgIpc) is 3.32. The Labute approximate surface area is 206 Å². The monoisotopic (exact) mass is 536 g/mol. The van der Waals surface area contributed by atoms with Crippen molar-refractivity contribution in [3.8, 4) is 11.3 Å². The van der Waals surface area contributed by atoms with E-state index < -0.39 is 8.32 Å². The van der Waals surface area contributed by atoms with E-state index in [1.165, 1.54) is 10.1 Å². The maximum Gasteiger partial charge on any atom is 0.200 e. The highest BCUT2D eigenvalue weighted by atomic mass is 79.9. The van der Waals surface area contributed by atoms with Crippen LogP contribution in [0.2, 0.25) is 16.6 Å². The van der Waals surface area contributed by atoms with Gasteiger partial charge in [0.2, 0.25) is 0 Å². The van der Waals surface area contributed by atoms with Gasteiger partial charge in [-0.25, -0.2) is 4.98 Å². The number of rotatable bonds is 11. The molecular weight excluding hydrogens is 500 g/mol. The second kappa shape index (κ2) is 11.0. The summed E-state index contributed by atoms with van der Waals surface area (Å²) in [5.41, 5.74) is 3.91. The minimum absolute atomic E-state index is 0.480. The third-order valence-electron chi connectivity index (χ3n) is 6.58. The van der Waals surface area contributed by atoms with Gasteiger partial charge in [-0.2, -0.15) is 0 Å². The molecule has 0 aliphatic rings. The van der Waals surface area contributed by atoms with Crippen LogP contribution >= 0.6 is 27.3 Å². The van der Waals surface area contributed by atoms with Crippen LogP contribution < -0.4 is 0 Å². The average molecular weight is 538 g/mol. The van der Waals surface area contributed by atoms with Crippen molar-refractivity contribution in [2.45, 2.75) is 77.7 Å². The molecule has 32 heavy (non-hydrogen) atoms. The molecule has 0 fully saturated rings. The zero-order valence-corrected chi connectivity index (χ0v) is 23.8. The Kier molecular flexibility index (Phi) is 8.77. The first-order valence-electron chi connectivity index (χ1n) is 11.6. The van der Waals surface area contributed by atoms with Crippen molar-refractivity contribution in [2.24, 2.45) is 0 Å². The standard InChI is InChI=1S/C25H37BrN2O2SSi/c1-17(2)32(18(3)4,19(5)6)30-13-8-9-23-27-24(25(26)28(23)16-29-7)21-11-10-20-12-14-31-22(20)15-21/h10-12,14-15,17-19H,8-9,13,16H2,1-7H3. The van der Waals surface area contributed by atoms with Gasteiger partial charge in [-0.05, 0) is 61.9 Å². The number of benzene rings is 1. The van der Waals surface area contributed by atoms with Crippen LogP contribution in [-0.2, 0) is 22.3 Å². The van der Waals surface area contributed by atoms with Gasteiger partial charge >= 0.3 is 0 Å². The second-order valence-corrected chi connectivity index (χ2v) is 16.6.